The van der Waals surface area contributed by atoms with Crippen molar-refractivity contribution in [2.45, 2.75) is 6.92 Å². The van der Waals surface area contributed by atoms with Gasteiger partial charge in [-0.05, 0) is 25.1 Å². The molecule has 88 valence electrons. The van der Waals surface area contributed by atoms with Gasteiger partial charge < -0.3 is 4.74 Å². The first kappa shape index (κ1) is 11.9. The summed E-state index contributed by atoms with van der Waals surface area (Å²) in [4.78, 5) is 16.0. The zero-order chi connectivity index (χ0) is 12.3. The van der Waals surface area contributed by atoms with Gasteiger partial charge in [0.1, 0.15) is 12.1 Å². The van der Waals surface area contributed by atoms with Crippen LogP contribution in [0.5, 0.6) is 5.75 Å². The molecule has 0 aliphatic carbocycles. The molecule has 0 fully saturated rings. The summed E-state index contributed by atoms with van der Waals surface area (Å²) in [6.07, 6.45) is 4.65. The molecule has 0 bridgehead atoms. The van der Waals surface area contributed by atoms with Crippen molar-refractivity contribution in [2.75, 3.05) is 6.61 Å². The van der Waals surface area contributed by atoms with Crippen LogP contribution in [-0.4, -0.2) is 22.1 Å². The van der Waals surface area contributed by atoms with E-state index in [9.17, 15) is 4.79 Å². The molecule has 1 heterocycles. The van der Waals surface area contributed by atoms with E-state index in [1.54, 1.807) is 24.5 Å². The van der Waals surface area contributed by atoms with Crippen LogP contribution < -0.4 is 4.74 Å². The number of halogens is 1. The molecule has 17 heavy (non-hydrogen) atoms. The largest absolute Gasteiger partial charge is 0.493 e. The summed E-state index contributed by atoms with van der Waals surface area (Å²) in [5.41, 5.74) is 0.513. The third-order valence-electron chi connectivity index (χ3n) is 2.21. The Morgan fingerprint density at radius 3 is 3.00 bits per heavy atom. The smallest absolute Gasteiger partial charge is 0.266 e. The molecule has 1 aromatic carbocycles. The molecule has 0 atom stereocenters. The Hall–Kier alpha value is -1.62. The minimum absolute atomic E-state index is 0.160. The van der Waals surface area contributed by atoms with Crippen molar-refractivity contribution in [3.63, 3.8) is 0 Å². The van der Waals surface area contributed by atoms with Crippen molar-refractivity contribution in [1.29, 1.82) is 0 Å². The monoisotopic (exact) mass is 294 g/mol. The highest BCUT2D eigenvalue weighted by Gasteiger charge is 2.14. The van der Waals surface area contributed by atoms with Crippen molar-refractivity contribution in [2.24, 2.45) is 0 Å². The van der Waals surface area contributed by atoms with E-state index in [-0.39, 0.29) is 5.91 Å². The number of rotatable bonds is 3. The number of carbonyl (C=O) groups is 1. The lowest BCUT2D eigenvalue weighted by Crippen LogP contribution is -2.12. The Balaban J connectivity index is 2.42. The summed E-state index contributed by atoms with van der Waals surface area (Å²) in [5, 5.41) is 0. The Kier molecular flexibility index (Phi) is 3.58. The van der Waals surface area contributed by atoms with Crippen LogP contribution >= 0.6 is 15.9 Å². The number of carbonyl (C=O) groups excluding carboxylic acids is 1. The molecule has 0 amide bonds. The van der Waals surface area contributed by atoms with Crippen molar-refractivity contribution < 1.29 is 9.53 Å². The normalized spacial score (nSPS) is 10.2. The maximum atomic E-state index is 12.2. The van der Waals surface area contributed by atoms with Crippen LogP contribution in [0.3, 0.4) is 0 Å². The highest BCUT2D eigenvalue weighted by atomic mass is 79.9. The van der Waals surface area contributed by atoms with E-state index in [2.05, 4.69) is 20.9 Å². The predicted octanol–water partition coefficient (Wildman–Crippen LogP) is 2.73. The second-order valence-electron chi connectivity index (χ2n) is 3.35. The molecule has 4 nitrogen and oxygen atoms in total. The van der Waals surface area contributed by atoms with Gasteiger partial charge in [0.2, 0.25) is 0 Å². The molecule has 0 spiro atoms. The van der Waals surface area contributed by atoms with E-state index in [4.69, 9.17) is 4.74 Å². The summed E-state index contributed by atoms with van der Waals surface area (Å²) in [6.45, 7) is 2.40. The van der Waals surface area contributed by atoms with Gasteiger partial charge in [-0.2, -0.15) is 0 Å². The first-order valence-corrected chi connectivity index (χ1v) is 5.96. The lowest BCUT2D eigenvalue weighted by Gasteiger charge is -2.09. The van der Waals surface area contributed by atoms with Crippen LogP contribution in [0.2, 0.25) is 0 Å². The molecule has 1 aromatic heterocycles. The third kappa shape index (κ3) is 2.55. The summed E-state index contributed by atoms with van der Waals surface area (Å²) < 4.78 is 7.69. The standard InChI is InChI=1S/C12H11BrN2O2/c1-2-17-11-4-3-9(13)7-10(11)12(16)15-6-5-14-8-15/h3-8H,2H2,1H3. The molecule has 0 aliphatic heterocycles. The Bertz CT molecular complexity index is 523. The summed E-state index contributed by atoms with van der Waals surface area (Å²) in [6, 6.07) is 5.36. The van der Waals surface area contributed by atoms with Crippen LogP contribution in [0.15, 0.2) is 41.4 Å². The Labute approximate surface area is 107 Å². The van der Waals surface area contributed by atoms with Crippen molar-refractivity contribution in [3.8, 4) is 5.75 Å². The average Bonchev–Trinajstić information content (AvgIpc) is 2.84. The van der Waals surface area contributed by atoms with Gasteiger partial charge in [0, 0.05) is 16.9 Å². The molecule has 0 saturated heterocycles. The summed E-state index contributed by atoms with van der Waals surface area (Å²) >= 11 is 3.35. The molecule has 2 aromatic rings. The lowest BCUT2D eigenvalue weighted by atomic mass is 10.2. The molecular weight excluding hydrogens is 284 g/mol. The first-order valence-electron chi connectivity index (χ1n) is 5.17. The second-order valence-corrected chi connectivity index (χ2v) is 4.26. The van der Waals surface area contributed by atoms with Gasteiger partial charge in [0.05, 0.1) is 12.2 Å². The number of ether oxygens (including phenoxy) is 1. The molecule has 0 radical (unpaired) electrons. The fourth-order valence-corrected chi connectivity index (χ4v) is 1.83. The van der Waals surface area contributed by atoms with E-state index < -0.39 is 0 Å². The van der Waals surface area contributed by atoms with E-state index >= 15 is 0 Å². The van der Waals surface area contributed by atoms with Gasteiger partial charge in [0.15, 0.2) is 0 Å². The molecule has 0 N–H and O–H groups in total. The maximum absolute atomic E-state index is 12.2. The Morgan fingerprint density at radius 2 is 2.35 bits per heavy atom. The van der Waals surface area contributed by atoms with Crippen LogP contribution in [0.1, 0.15) is 17.3 Å². The topological polar surface area (TPSA) is 44.1 Å². The van der Waals surface area contributed by atoms with Gasteiger partial charge in [0.25, 0.3) is 5.91 Å². The number of imidazole rings is 1. The first-order chi connectivity index (χ1) is 8.22. The minimum Gasteiger partial charge on any atom is -0.493 e. The number of nitrogens with zero attached hydrogens (tertiary/aromatic N) is 2. The molecule has 0 aliphatic rings. The molecule has 5 heteroatoms. The highest BCUT2D eigenvalue weighted by molar-refractivity contribution is 9.10. The number of benzene rings is 1. The number of hydrogen-bond acceptors (Lipinski definition) is 3. The minimum atomic E-state index is -0.160. The van der Waals surface area contributed by atoms with E-state index in [0.29, 0.717) is 17.9 Å². The van der Waals surface area contributed by atoms with Crippen LogP contribution in [-0.2, 0) is 0 Å². The van der Waals surface area contributed by atoms with Crippen molar-refractivity contribution >= 4 is 21.8 Å². The van der Waals surface area contributed by atoms with Gasteiger partial charge in [-0.15, -0.1) is 0 Å². The zero-order valence-electron chi connectivity index (χ0n) is 9.26. The SMILES string of the molecule is CCOc1ccc(Br)cc1C(=O)n1ccnc1. The zero-order valence-corrected chi connectivity index (χ0v) is 10.8. The molecular formula is C12H11BrN2O2. The van der Waals surface area contributed by atoms with Gasteiger partial charge in [-0.25, -0.2) is 4.98 Å². The van der Waals surface area contributed by atoms with E-state index in [1.807, 2.05) is 13.0 Å². The van der Waals surface area contributed by atoms with Gasteiger partial charge in [-0.1, -0.05) is 15.9 Å². The molecule has 2 rings (SSSR count). The quantitative estimate of drug-likeness (QED) is 0.874. The maximum Gasteiger partial charge on any atom is 0.266 e. The Morgan fingerprint density at radius 1 is 1.53 bits per heavy atom. The van der Waals surface area contributed by atoms with Crippen LogP contribution in [0.25, 0.3) is 0 Å². The van der Waals surface area contributed by atoms with Crippen LogP contribution in [0, 0.1) is 0 Å². The van der Waals surface area contributed by atoms with Crippen molar-refractivity contribution in [1.82, 2.24) is 9.55 Å². The van der Waals surface area contributed by atoms with E-state index in [1.165, 1.54) is 10.9 Å². The third-order valence-corrected chi connectivity index (χ3v) is 2.70. The number of hydrogen-bond donors (Lipinski definition) is 0. The van der Waals surface area contributed by atoms with Crippen molar-refractivity contribution in [3.05, 3.63) is 47.0 Å². The number of aromatic nitrogens is 2. The summed E-state index contributed by atoms with van der Waals surface area (Å²) in [5.74, 6) is 0.418. The fraction of sp³-hybridized carbons (Fsp3) is 0.167. The lowest BCUT2D eigenvalue weighted by molar-refractivity contribution is 0.0956. The second kappa shape index (κ2) is 5.14. The fourth-order valence-electron chi connectivity index (χ4n) is 1.47. The molecule has 0 saturated carbocycles. The van der Waals surface area contributed by atoms with Crippen LogP contribution in [0.4, 0.5) is 0 Å². The van der Waals surface area contributed by atoms with Gasteiger partial charge >= 0.3 is 0 Å². The predicted molar refractivity (Wildman–Crippen MR) is 67.3 cm³/mol. The highest BCUT2D eigenvalue weighted by Crippen LogP contribution is 2.24. The summed E-state index contributed by atoms with van der Waals surface area (Å²) in [7, 11) is 0. The van der Waals surface area contributed by atoms with Gasteiger partial charge in [-0.3, -0.25) is 9.36 Å². The molecule has 0 unspecified atom stereocenters. The van der Waals surface area contributed by atoms with E-state index in [0.717, 1.165) is 4.47 Å². The average molecular weight is 295 g/mol.